The molecule has 2 aromatic rings. The summed E-state index contributed by atoms with van der Waals surface area (Å²) < 4.78 is 0. The van der Waals surface area contributed by atoms with Crippen molar-refractivity contribution in [2.24, 2.45) is 17.6 Å². The maximum absolute atomic E-state index is 12.6. The first-order valence-corrected chi connectivity index (χ1v) is 10.5. The SMILES string of the molecule is Cc1ccc(-c2nc(CC(=O)NC3C4CCCC3CC(N)C4)cs2)cc1. The molecule has 2 atom stereocenters. The first-order chi connectivity index (χ1) is 12.6. The number of nitrogens with zero attached hydrogens (tertiary/aromatic N) is 1. The molecule has 2 fully saturated rings. The Morgan fingerprint density at radius 2 is 1.92 bits per heavy atom. The minimum absolute atomic E-state index is 0.100. The Balaban J connectivity index is 1.39. The number of aryl methyl sites for hydroxylation is 1. The summed E-state index contributed by atoms with van der Waals surface area (Å²) in [6, 6.07) is 8.99. The lowest BCUT2D eigenvalue weighted by Crippen LogP contribution is -2.54. The van der Waals surface area contributed by atoms with Crippen molar-refractivity contribution in [2.45, 2.75) is 57.5 Å². The third-order valence-corrected chi connectivity index (χ3v) is 6.84. The topological polar surface area (TPSA) is 68.0 Å². The van der Waals surface area contributed by atoms with Gasteiger partial charge in [0.2, 0.25) is 5.91 Å². The van der Waals surface area contributed by atoms with Crippen molar-refractivity contribution in [3.05, 3.63) is 40.9 Å². The van der Waals surface area contributed by atoms with Crippen LogP contribution in [-0.2, 0) is 11.2 Å². The molecule has 1 aromatic carbocycles. The Morgan fingerprint density at radius 3 is 2.62 bits per heavy atom. The van der Waals surface area contributed by atoms with E-state index in [0.29, 0.717) is 30.3 Å². The molecule has 0 radical (unpaired) electrons. The van der Waals surface area contributed by atoms with E-state index in [1.165, 1.54) is 24.8 Å². The number of carbonyl (C=O) groups is 1. The summed E-state index contributed by atoms with van der Waals surface area (Å²) in [5, 5.41) is 6.30. The van der Waals surface area contributed by atoms with Crippen LogP contribution in [0, 0.1) is 18.8 Å². The Bertz CT molecular complexity index is 756. The van der Waals surface area contributed by atoms with Gasteiger partial charge in [-0.1, -0.05) is 36.2 Å². The minimum Gasteiger partial charge on any atom is -0.352 e. The highest BCUT2D eigenvalue weighted by Gasteiger charge is 2.39. The second-order valence-corrected chi connectivity index (χ2v) is 8.82. The second kappa shape index (κ2) is 7.49. The number of thiazole rings is 1. The zero-order chi connectivity index (χ0) is 18.1. The number of rotatable bonds is 4. The van der Waals surface area contributed by atoms with Crippen molar-refractivity contribution in [1.29, 1.82) is 0 Å². The van der Waals surface area contributed by atoms with E-state index in [2.05, 4.69) is 41.5 Å². The molecular formula is C21H27N3OS. The van der Waals surface area contributed by atoms with Crippen molar-refractivity contribution >= 4 is 17.2 Å². The van der Waals surface area contributed by atoms with Gasteiger partial charge >= 0.3 is 0 Å². The Labute approximate surface area is 159 Å². The lowest BCUT2D eigenvalue weighted by Gasteiger charge is -2.45. The van der Waals surface area contributed by atoms with Crippen molar-refractivity contribution in [2.75, 3.05) is 0 Å². The van der Waals surface area contributed by atoms with E-state index in [1.54, 1.807) is 11.3 Å². The number of benzene rings is 1. The fourth-order valence-corrected chi connectivity index (χ4v) is 5.47. The van der Waals surface area contributed by atoms with E-state index in [1.807, 2.05) is 5.38 Å². The standard InChI is InChI=1S/C21H27N3OS/c1-13-5-7-14(8-6-13)21-23-18(12-26-21)11-19(25)24-20-15-3-2-4-16(20)10-17(22)9-15/h5-8,12,15-17,20H,2-4,9-11,22H2,1H3,(H,24,25). The Morgan fingerprint density at radius 1 is 1.23 bits per heavy atom. The fraction of sp³-hybridized carbons (Fsp3) is 0.524. The van der Waals surface area contributed by atoms with Gasteiger partial charge in [-0.2, -0.15) is 0 Å². The van der Waals surface area contributed by atoms with E-state index >= 15 is 0 Å². The zero-order valence-electron chi connectivity index (χ0n) is 15.3. The molecule has 2 bridgehead atoms. The highest BCUT2D eigenvalue weighted by molar-refractivity contribution is 7.13. The molecule has 2 unspecified atom stereocenters. The quantitative estimate of drug-likeness (QED) is 0.864. The molecule has 2 aliphatic rings. The summed E-state index contributed by atoms with van der Waals surface area (Å²) in [4.78, 5) is 17.3. The summed E-state index contributed by atoms with van der Waals surface area (Å²) in [6.45, 7) is 2.08. The molecule has 26 heavy (non-hydrogen) atoms. The Kier molecular flexibility index (Phi) is 5.09. The predicted octanol–water partition coefficient (Wildman–Crippen LogP) is 3.68. The number of nitrogens with two attached hydrogens (primary N) is 1. The summed E-state index contributed by atoms with van der Waals surface area (Å²) in [7, 11) is 0. The van der Waals surface area contributed by atoms with E-state index in [4.69, 9.17) is 5.73 Å². The van der Waals surface area contributed by atoms with Crippen molar-refractivity contribution in [1.82, 2.24) is 10.3 Å². The zero-order valence-corrected chi connectivity index (χ0v) is 16.1. The molecule has 1 aromatic heterocycles. The molecule has 4 nitrogen and oxygen atoms in total. The number of aromatic nitrogens is 1. The second-order valence-electron chi connectivity index (χ2n) is 7.96. The fourth-order valence-electron chi connectivity index (χ4n) is 4.64. The van der Waals surface area contributed by atoms with Crippen LogP contribution in [0.2, 0.25) is 0 Å². The number of hydrogen-bond donors (Lipinski definition) is 2. The molecule has 0 aliphatic heterocycles. The van der Waals surface area contributed by atoms with Gasteiger partial charge in [0, 0.05) is 23.0 Å². The number of nitrogens with one attached hydrogen (secondary N) is 1. The summed E-state index contributed by atoms with van der Waals surface area (Å²) in [5.74, 6) is 1.21. The molecule has 2 aliphatic carbocycles. The molecule has 4 rings (SSSR count). The monoisotopic (exact) mass is 369 g/mol. The van der Waals surface area contributed by atoms with E-state index in [0.717, 1.165) is 29.1 Å². The van der Waals surface area contributed by atoms with Gasteiger partial charge in [0.25, 0.3) is 0 Å². The maximum Gasteiger partial charge on any atom is 0.226 e. The van der Waals surface area contributed by atoms with Crippen molar-refractivity contribution in [3.63, 3.8) is 0 Å². The molecule has 5 heteroatoms. The van der Waals surface area contributed by atoms with Crippen LogP contribution < -0.4 is 11.1 Å². The van der Waals surface area contributed by atoms with Gasteiger partial charge < -0.3 is 11.1 Å². The van der Waals surface area contributed by atoms with Crippen LogP contribution in [0.1, 0.15) is 43.4 Å². The maximum atomic E-state index is 12.6. The average Bonchev–Trinajstić information content (AvgIpc) is 3.04. The molecular weight excluding hydrogens is 342 g/mol. The predicted molar refractivity (Wildman–Crippen MR) is 106 cm³/mol. The highest BCUT2D eigenvalue weighted by Crippen LogP contribution is 2.39. The molecule has 138 valence electrons. The van der Waals surface area contributed by atoms with Crippen LogP contribution in [0.3, 0.4) is 0 Å². The number of hydrogen-bond acceptors (Lipinski definition) is 4. The molecule has 0 saturated heterocycles. The third-order valence-electron chi connectivity index (χ3n) is 5.90. The number of fused-ring (bicyclic) bond motifs is 2. The van der Waals surface area contributed by atoms with Crippen molar-refractivity contribution in [3.8, 4) is 10.6 Å². The smallest absolute Gasteiger partial charge is 0.226 e. The highest BCUT2D eigenvalue weighted by atomic mass is 32.1. The van der Waals surface area contributed by atoms with E-state index in [9.17, 15) is 4.79 Å². The minimum atomic E-state index is 0.100. The summed E-state index contributed by atoms with van der Waals surface area (Å²) in [5.41, 5.74) is 9.40. The van der Waals surface area contributed by atoms with E-state index < -0.39 is 0 Å². The summed E-state index contributed by atoms with van der Waals surface area (Å²) >= 11 is 1.61. The average molecular weight is 370 g/mol. The van der Waals surface area contributed by atoms with Gasteiger partial charge in [-0.15, -0.1) is 11.3 Å². The van der Waals surface area contributed by atoms with Crippen LogP contribution >= 0.6 is 11.3 Å². The molecule has 1 amide bonds. The number of carbonyl (C=O) groups excluding carboxylic acids is 1. The van der Waals surface area contributed by atoms with Crippen LogP contribution in [0.4, 0.5) is 0 Å². The van der Waals surface area contributed by atoms with Crippen LogP contribution in [-0.4, -0.2) is 23.0 Å². The van der Waals surface area contributed by atoms with Gasteiger partial charge in [0.05, 0.1) is 12.1 Å². The lowest BCUT2D eigenvalue weighted by atomic mass is 9.67. The molecule has 2 saturated carbocycles. The van der Waals surface area contributed by atoms with Crippen LogP contribution in [0.25, 0.3) is 10.6 Å². The van der Waals surface area contributed by atoms with Gasteiger partial charge in [-0.05, 0) is 44.4 Å². The number of amides is 1. The summed E-state index contributed by atoms with van der Waals surface area (Å²) in [6.07, 6.45) is 6.14. The first-order valence-electron chi connectivity index (χ1n) is 9.65. The molecule has 0 spiro atoms. The van der Waals surface area contributed by atoms with Crippen molar-refractivity contribution < 1.29 is 4.79 Å². The third kappa shape index (κ3) is 3.84. The van der Waals surface area contributed by atoms with Crippen LogP contribution in [0.15, 0.2) is 29.6 Å². The van der Waals surface area contributed by atoms with Gasteiger partial charge in [-0.3, -0.25) is 4.79 Å². The first kappa shape index (κ1) is 17.7. The lowest BCUT2D eigenvalue weighted by molar-refractivity contribution is -0.122. The van der Waals surface area contributed by atoms with Gasteiger partial charge in [-0.25, -0.2) is 4.98 Å². The van der Waals surface area contributed by atoms with E-state index in [-0.39, 0.29) is 5.91 Å². The van der Waals surface area contributed by atoms with Gasteiger partial charge in [0.15, 0.2) is 0 Å². The van der Waals surface area contributed by atoms with Crippen LogP contribution in [0.5, 0.6) is 0 Å². The Hall–Kier alpha value is -1.72. The normalized spacial score (nSPS) is 27.9. The molecule has 1 heterocycles. The molecule has 3 N–H and O–H groups in total. The van der Waals surface area contributed by atoms with Gasteiger partial charge in [0.1, 0.15) is 5.01 Å². The largest absolute Gasteiger partial charge is 0.352 e.